The third kappa shape index (κ3) is 36.5. The van der Waals surface area contributed by atoms with Gasteiger partial charge in [0.05, 0.1) is 17.3 Å². The first-order chi connectivity index (χ1) is 50.5. The van der Waals surface area contributed by atoms with Crippen molar-refractivity contribution in [2.45, 2.75) is 212 Å². The van der Waals surface area contributed by atoms with Gasteiger partial charge in [0.2, 0.25) is 0 Å². The molecular formula is C89H115BrClF3N4O10. The molecule has 0 bridgehead atoms. The normalized spacial score (nSPS) is 11.8. The molecule has 0 aromatic heterocycles. The van der Waals surface area contributed by atoms with Crippen molar-refractivity contribution in [3.63, 3.8) is 0 Å². The van der Waals surface area contributed by atoms with Crippen LogP contribution in [0.5, 0.6) is 0 Å². The molecule has 108 heavy (non-hydrogen) atoms. The lowest BCUT2D eigenvalue weighted by Gasteiger charge is -2.28. The number of halogens is 5. The molecule has 0 radical (unpaired) electrons. The summed E-state index contributed by atoms with van der Waals surface area (Å²) in [5.74, 6) is 0.914. The van der Waals surface area contributed by atoms with Crippen LogP contribution in [0.25, 0.3) is 0 Å². The van der Waals surface area contributed by atoms with Crippen molar-refractivity contribution >= 4 is 80.2 Å². The number of ether oxygens (including phenoxy) is 2. The van der Waals surface area contributed by atoms with E-state index in [1.54, 1.807) is 90.1 Å². The molecule has 8 rings (SSSR count). The molecule has 0 atom stereocenters. The van der Waals surface area contributed by atoms with E-state index < -0.39 is 35.5 Å². The molecule has 1 aliphatic rings. The SMILES string of the molecule is CC(C)CC(=O)c1ccc(CBr)cc1.CC(C)CC(=O)c1ccc(CN(C(=O)OC(C)(C)C)C(=O)OC(C)(C)C)cc1.CC(C)CC(=O)c1ccc(CN)cc1.CC(C)CC(=O)c1ccc(CNc2c(Cl)ccc3c2CCN(C(=O)C(F)(F)F)CC3)cc1.Cc1ccc(C(=O)CC(C)C)cc1.Cc1ccccc1. The average molecular weight is 1570 g/mol. The molecule has 0 saturated heterocycles. The highest BCUT2D eigenvalue weighted by atomic mass is 79.9. The van der Waals surface area contributed by atoms with Crippen molar-refractivity contribution in [3.05, 3.63) is 241 Å². The quantitative estimate of drug-likeness (QED) is 0.0481. The number of carbonyl (C=O) groups is 8. The lowest BCUT2D eigenvalue weighted by atomic mass is 9.99. The van der Waals surface area contributed by atoms with Crippen LogP contribution in [0.1, 0.15) is 239 Å². The molecule has 586 valence electrons. The van der Waals surface area contributed by atoms with E-state index in [0.29, 0.717) is 103 Å². The molecular weight excluding hydrogens is 1460 g/mol. The first-order valence-corrected chi connectivity index (χ1v) is 38.5. The van der Waals surface area contributed by atoms with Gasteiger partial charge in [-0.05, 0) is 137 Å². The van der Waals surface area contributed by atoms with E-state index in [-0.39, 0.29) is 60.9 Å². The van der Waals surface area contributed by atoms with Crippen LogP contribution < -0.4 is 11.1 Å². The summed E-state index contributed by atoms with van der Waals surface area (Å²) in [6, 6.07) is 51.1. The molecule has 3 amide bonds. The van der Waals surface area contributed by atoms with E-state index in [4.69, 9.17) is 26.8 Å². The largest absolute Gasteiger partial charge is 0.471 e. The maximum Gasteiger partial charge on any atom is 0.471 e. The molecule has 1 heterocycles. The van der Waals surface area contributed by atoms with Gasteiger partial charge >= 0.3 is 24.3 Å². The van der Waals surface area contributed by atoms with Gasteiger partial charge in [-0.3, -0.25) is 28.8 Å². The summed E-state index contributed by atoms with van der Waals surface area (Å²) in [5, 5.41) is 4.61. The highest BCUT2D eigenvalue weighted by Gasteiger charge is 2.43. The van der Waals surface area contributed by atoms with Crippen LogP contribution in [0.15, 0.2) is 164 Å². The van der Waals surface area contributed by atoms with Crippen molar-refractivity contribution in [3.8, 4) is 0 Å². The zero-order chi connectivity index (χ0) is 81.2. The van der Waals surface area contributed by atoms with Crippen molar-refractivity contribution in [2.75, 3.05) is 18.4 Å². The summed E-state index contributed by atoms with van der Waals surface area (Å²) < 4.78 is 49.2. The predicted octanol–water partition coefficient (Wildman–Crippen LogP) is 22.7. The van der Waals surface area contributed by atoms with Gasteiger partial charge < -0.3 is 25.4 Å². The Kier molecular flexibility index (Phi) is 39.9. The molecule has 0 unspecified atom stereocenters. The van der Waals surface area contributed by atoms with Crippen LogP contribution in [0.3, 0.4) is 0 Å². The number of imide groups is 1. The second kappa shape index (κ2) is 46.1. The topological polar surface area (TPSA) is 200 Å². The summed E-state index contributed by atoms with van der Waals surface area (Å²) in [5.41, 5.74) is 16.5. The number of hydrogen-bond acceptors (Lipinski definition) is 12. The summed E-state index contributed by atoms with van der Waals surface area (Å²) in [6.07, 6.45) is -2.96. The number of Topliss-reactive ketones (excluding diaryl/α,β-unsaturated/α-hetero) is 5. The first kappa shape index (κ1) is 93.6. The van der Waals surface area contributed by atoms with Gasteiger partial charge in [-0.1, -0.05) is 266 Å². The maximum absolute atomic E-state index is 12.8. The number of amides is 3. The summed E-state index contributed by atoms with van der Waals surface area (Å²) in [6.45, 7) is 35.8. The Hall–Kier alpha value is -8.58. The number of hydrogen-bond donors (Lipinski definition) is 2. The second-order valence-electron chi connectivity index (χ2n) is 31.0. The van der Waals surface area contributed by atoms with Gasteiger partial charge in [0.15, 0.2) is 28.9 Å². The lowest BCUT2D eigenvalue weighted by molar-refractivity contribution is -0.185. The van der Waals surface area contributed by atoms with Gasteiger partial charge in [-0.15, -0.1) is 0 Å². The molecule has 7 aromatic carbocycles. The fraction of sp³-hybridized carbons (Fsp3) is 0.438. The van der Waals surface area contributed by atoms with Gasteiger partial charge in [-0.2, -0.15) is 13.2 Å². The molecule has 0 fully saturated rings. The van der Waals surface area contributed by atoms with E-state index in [1.165, 1.54) is 16.7 Å². The molecule has 0 aliphatic carbocycles. The Balaban J connectivity index is 0.000000358. The number of ketones is 5. The van der Waals surface area contributed by atoms with E-state index in [1.807, 2.05) is 152 Å². The molecule has 0 saturated carbocycles. The number of aryl methyl sites for hydroxylation is 2. The molecule has 14 nitrogen and oxygen atoms in total. The average Bonchev–Trinajstić information content (AvgIpc) is 1.61. The van der Waals surface area contributed by atoms with Crippen LogP contribution in [0.2, 0.25) is 5.02 Å². The minimum atomic E-state index is -4.88. The Morgan fingerprint density at radius 2 is 0.806 bits per heavy atom. The number of carbonyl (C=O) groups excluding carboxylic acids is 8. The fourth-order valence-corrected chi connectivity index (χ4v) is 11.1. The van der Waals surface area contributed by atoms with Crippen molar-refractivity contribution in [2.24, 2.45) is 35.3 Å². The number of nitrogens with zero attached hydrogens (tertiary/aromatic N) is 2. The minimum Gasteiger partial charge on any atom is -0.443 e. The Labute approximate surface area is 654 Å². The van der Waals surface area contributed by atoms with Crippen LogP contribution in [0, 0.1) is 43.4 Å². The highest BCUT2D eigenvalue weighted by molar-refractivity contribution is 9.08. The Bertz CT molecular complexity index is 3870. The zero-order valence-electron chi connectivity index (χ0n) is 66.6. The maximum atomic E-state index is 12.8. The van der Waals surface area contributed by atoms with Crippen LogP contribution in [0.4, 0.5) is 28.4 Å². The number of rotatable bonds is 22. The number of alkyl halides is 4. The van der Waals surface area contributed by atoms with Crippen LogP contribution in [-0.2, 0) is 52.1 Å². The summed E-state index contributed by atoms with van der Waals surface area (Å²) in [7, 11) is 0. The van der Waals surface area contributed by atoms with E-state index >= 15 is 0 Å². The molecule has 19 heteroatoms. The first-order valence-electron chi connectivity index (χ1n) is 37.0. The van der Waals surface area contributed by atoms with Crippen LogP contribution >= 0.6 is 27.5 Å². The number of fused-ring (bicyclic) bond motifs is 1. The number of benzene rings is 7. The van der Waals surface area contributed by atoms with Gasteiger partial charge in [0.1, 0.15) is 11.2 Å². The molecule has 1 aliphatic heterocycles. The van der Waals surface area contributed by atoms with E-state index in [0.717, 1.165) is 54.1 Å². The molecule has 7 aromatic rings. The third-order valence-corrected chi connectivity index (χ3v) is 16.9. The summed E-state index contributed by atoms with van der Waals surface area (Å²) >= 11 is 9.77. The zero-order valence-corrected chi connectivity index (χ0v) is 69.0. The number of nitrogens with one attached hydrogen (secondary N) is 1. The Morgan fingerprint density at radius 1 is 0.472 bits per heavy atom. The Morgan fingerprint density at radius 3 is 1.13 bits per heavy atom. The monoisotopic (exact) mass is 1570 g/mol. The lowest BCUT2D eigenvalue weighted by Crippen LogP contribution is -2.43. The van der Waals surface area contributed by atoms with E-state index in [2.05, 4.69) is 68.0 Å². The van der Waals surface area contributed by atoms with Gasteiger partial charge in [0.25, 0.3) is 0 Å². The second-order valence-corrected chi connectivity index (χ2v) is 32.0. The highest BCUT2D eigenvalue weighted by Crippen LogP contribution is 2.33. The van der Waals surface area contributed by atoms with Crippen molar-refractivity contribution in [1.82, 2.24) is 9.80 Å². The molecule has 0 spiro atoms. The minimum absolute atomic E-state index is 0.0114. The standard InChI is InChI=1S/C24H26ClF3N2O2.C22H33NO5.C12H15BrO.C12H17NO.C12H16O.C7H8/c1-15(2)13-21(31)18-5-3-16(4-6-18)14-29-22-19-10-12-30(23(32)24(26,27)28)11-9-17(19)7-8-20(22)25;1-15(2)13-18(24)17-11-9-16(10-12-17)14-23(19(25)27-21(3,4)5)20(26)28-22(6,7)8;2*1-9(2)7-12(14)11-5-3-10(8-13)4-6-11;1-9(2)8-12(13)11-6-4-10(3)5-7-11;1-7-5-3-2-4-6-7/h3-8,15,29H,9-14H2,1-2H3;9-12,15H,13-14H2,1-8H3;3-6,9H,7-8H2,1-2H3;3-6,9H,7-8,13H2,1-2H3;4-7,9H,8H2,1-3H3;2-6H,1H3. The van der Waals surface area contributed by atoms with Gasteiger partial charge in [-0.25, -0.2) is 14.5 Å². The van der Waals surface area contributed by atoms with Crippen molar-refractivity contribution in [1.29, 1.82) is 0 Å². The van der Waals surface area contributed by atoms with E-state index in [9.17, 15) is 51.5 Å². The molecule has 3 N–H and O–H groups in total. The van der Waals surface area contributed by atoms with Gasteiger partial charge in [0, 0.05) is 91.4 Å². The number of nitrogens with two attached hydrogens (primary N) is 1. The third-order valence-electron chi connectivity index (χ3n) is 16.0. The van der Waals surface area contributed by atoms with Crippen LogP contribution in [-0.4, -0.2) is 87.3 Å². The smallest absolute Gasteiger partial charge is 0.443 e. The van der Waals surface area contributed by atoms with Crippen molar-refractivity contribution < 1.29 is 61.0 Å². The summed E-state index contributed by atoms with van der Waals surface area (Å²) in [4.78, 5) is 97.7. The fourth-order valence-electron chi connectivity index (χ4n) is 10.5. The predicted molar refractivity (Wildman–Crippen MR) is 434 cm³/mol. The number of anilines is 1.